The predicted molar refractivity (Wildman–Crippen MR) is 73.3 cm³/mol. The van der Waals surface area contributed by atoms with Crippen LogP contribution in [0.3, 0.4) is 0 Å². The third-order valence-electron chi connectivity index (χ3n) is 2.97. The van der Waals surface area contributed by atoms with E-state index in [2.05, 4.69) is 21.2 Å². The smallest absolute Gasteiger partial charge is 0.236 e. The fourth-order valence-electron chi connectivity index (χ4n) is 2.05. The summed E-state index contributed by atoms with van der Waals surface area (Å²) in [4.78, 5) is 13.7. The third kappa shape index (κ3) is 3.31. The quantitative estimate of drug-likeness (QED) is 0.921. The Kier molecular flexibility index (Phi) is 4.74. The normalized spacial score (nSPS) is 19.9. The van der Waals surface area contributed by atoms with Gasteiger partial charge in [0, 0.05) is 11.0 Å². The minimum atomic E-state index is -0.0305. The third-order valence-corrected chi connectivity index (χ3v) is 3.46. The van der Waals surface area contributed by atoms with Gasteiger partial charge < -0.3 is 15.0 Å². The average molecular weight is 313 g/mol. The molecule has 0 spiro atoms. The molecule has 5 heteroatoms. The molecule has 1 unspecified atom stereocenters. The molecule has 1 saturated heterocycles. The molecule has 1 aromatic rings. The van der Waals surface area contributed by atoms with Crippen molar-refractivity contribution in [1.82, 2.24) is 10.2 Å². The summed E-state index contributed by atoms with van der Waals surface area (Å²) in [6.45, 7) is 2.26. The van der Waals surface area contributed by atoms with Crippen molar-refractivity contribution in [2.24, 2.45) is 0 Å². The molecule has 0 aliphatic carbocycles. The first kappa shape index (κ1) is 13.5. The number of nitrogens with one attached hydrogen (secondary N) is 1. The molecule has 18 heavy (non-hydrogen) atoms. The zero-order chi connectivity index (χ0) is 13.0. The van der Waals surface area contributed by atoms with Crippen molar-refractivity contribution in [1.29, 1.82) is 0 Å². The van der Waals surface area contributed by atoms with E-state index >= 15 is 0 Å². The van der Waals surface area contributed by atoms with E-state index in [0.717, 1.165) is 10.0 Å². The topological polar surface area (TPSA) is 41.6 Å². The van der Waals surface area contributed by atoms with Crippen molar-refractivity contribution < 1.29 is 9.53 Å². The van der Waals surface area contributed by atoms with Gasteiger partial charge in [-0.25, -0.2) is 0 Å². The molecule has 0 radical (unpaired) electrons. The molecule has 1 aliphatic rings. The molecule has 2 rings (SSSR count). The molecule has 1 amide bonds. The lowest BCUT2D eigenvalue weighted by molar-refractivity contribution is -0.137. The van der Waals surface area contributed by atoms with Gasteiger partial charge in [0.1, 0.15) is 6.10 Å². The first-order chi connectivity index (χ1) is 8.70. The molecule has 1 atom stereocenters. The molecular formula is C13H17BrN2O2. The maximum Gasteiger partial charge on any atom is 0.236 e. The summed E-state index contributed by atoms with van der Waals surface area (Å²) in [5.74, 6) is 0.126. The SMILES string of the molecule is CNCC(=O)N1CCOC(c2cccc(Br)c2)C1. The molecule has 1 aromatic carbocycles. The number of hydrogen-bond acceptors (Lipinski definition) is 3. The van der Waals surface area contributed by atoms with Gasteiger partial charge in [0.2, 0.25) is 5.91 Å². The summed E-state index contributed by atoms with van der Waals surface area (Å²) in [5, 5.41) is 2.89. The lowest BCUT2D eigenvalue weighted by atomic mass is 10.1. The highest BCUT2D eigenvalue weighted by atomic mass is 79.9. The lowest BCUT2D eigenvalue weighted by Crippen LogP contribution is -2.45. The van der Waals surface area contributed by atoms with E-state index in [1.54, 1.807) is 7.05 Å². The second-order valence-electron chi connectivity index (χ2n) is 4.28. The van der Waals surface area contributed by atoms with Gasteiger partial charge >= 0.3 is 0 Å². The highest BCUT2D eigenvalue weighted by molar-refractivity contribution is 9.10. The summed E-state index contributed by atoms with van der Waals surface area (Å²) in [7, 11) is 1.78. The fraction of sp³-hybridized carbons (Fsp3) is 0.462. The van der Waals surface area contributed by atoms with Crippen molar-refractivity contribution in [3.05, 3.63) is 34.3 Å². The number of ether oxygens (including phenoxy) is 1. The monoisotopic (exact) mass is 312 g/mol. The van der Waals surface area contributed by atoms with Gasteiger partial charge in [-0.1, -0.05) is 28.1 Å². The number of morpholine rings is 1. The Morgan fingerprint density at radius 1 is 1.61 bits per heavy atom. The number of hydrogen-bond donors (Lipinski definition) is 1. The van der Waals surface area contributed by atoms with Crippen LogP contribution in [0.5, 0.6) is 0 Å². The molecular weight excluding hydrogens is 296 g/mol. The zero-order valence-corrected chi connectivity index (χ0v) is 11.9. The highest BCUT2D eigenvalue weighted by Gasteiger charge is 2.24. The zero-order valence-electron chi connectivity index (χ0n) is 10.4. The van der Waals surface area contributed by atoms with E-state index in [-0.39, 0.29) is 12.0 Å². The van der Waals surface area contributed by atoms with Gasteiger partial charge in [-0.3, -0.25) is 4.79 Å². The summed E-state index contributed by atoms with van der Waals surface area (Å²) < 4.78 is 6.77. The molecule has 1 fully saturated rings. The van der Waals surface area contributed by atoms with E-state index in [4.69, 9.17) is 4.74 Å². The Morgan fingerprint density at radius 3 is 3.17 bits per heavy atom. The van der Waals surface area contributed by atoms with Gasteiger partial charge in [0.05, 0.1) is 19.7 Å². The Balaban J connectivity index is 2.04. The largest absolute Gasteiger partial charge is 0.370 e. The minimum Gasteiger partial charge on any atom is -0.370 e. The number of nitrogens with zero attached hydrogens (tertiary/aromatic N) is 1. The van der Waals surface area contributed by atoms with Crippen LogP contribution in [0.4, 0.5) is 0 Å². The molecule has 4 nitrogen and oxygen atoms in total. The Morgan fingerprint density at radius 2 is 2.44 bits per heavy atom. The average Bonchev–Trinajstić information content (AvgIpc) is 2.39. The number of halogens is 1. The summed E-state index contributed by atoms with van der Waals surface area (Å²) in [5.41, 5.74) is 1.10. The van der Waals surface area contributed by atoms with Crippen LogP contribution in [0.15, 0.2) is 28.7 Å². The maximum absolute atomic E-state index is 11.8. The van der Waals surface area contributed by atoms with Gasteiger partial charge in [0.25, 0.3) is 0 Å². The van der Waals surface area contributed by atoms with Crippen molar-refractivity contribution in [2.75, 3.05) is 33.3 Å². The number of carbonyl (C=O) groups excluding carboxylic acids is 1. The van der Waals surface area contributed by atoms with E-state index in [9.17, 15) is 4.79 Å². The van der Waals surface area contributed by atoms with Gasteiger partial charge in [-0.05, 0) is 24.7 Å². The van der Waals surface area contributed by atoms with Gasteiger partial charge in [0.15, 0.2) is 0 Å². The standard InChI is InChI=1S/C13H17BrN2O2/c1-15-8-13(17)16-5-6-18-12(9-16)10-3-2-4-11(14)7-10/h2-4,7,12,15H,5-6,8-9H2,1H3. The van der Waals surface area contributed by atoms with Gasteiger partial charge in [-0.2, -0.15) is 0 Å². The number of amides is 1. The Hall–Kier alpha value is -0.910. The van der Waals surface area contributed by atoms with E-state index in [1.807, 2.05) is 29.2 Å². The number of rotatable bonds is 3. The van der Waals surface area contributed by atoms with Crippen LogP contribution in [0.1, 0.15) is 11.7 Å². The summed E-state index contributed by atoms with van der Waals surface area (Å²) in [6, 6.07) is 8.03. The molecule has 1 N–H and O–H groups in total. The molecule has 1 aliphatic heterocycles. The number of carbonyl (C=O) groups is 1. The molecule has 98 valence electrons. The number of likely N-dealkylation sites (N-methyl/N-ethyl adjacent to an activating group) is 1. The lowest BCUT2D eigenvalue weighted by Gasteiger charge is -2.33. The van der Waals surface area contributed by atoms with Crippen LogP contribution < -0.4 is 5.32 Å². The summed E-state index contributed by atoms with van der Waals surface area (Å²) >= 11 is 3.45. The van der Waals surface area contributed by atoms with Crippen LogP contribution in [-0.2, 0) is 9.53 Å². The van der Waals surface area contributed by atoms with Crippen molar-refractivity contribution >= 4 is 21.8 Å². The van der Waals surface area contributed by atoms with Crippen LogP contribution in [0.25, 0.3) is 0 Å². The first-order valence-electron chi connectivity index (χ1n) is 6.00. The number of benzene rings is 1. The van der Waals surface area contributed by atoms with Crippen LogP contribution >= 0.6 is 15.9 Å². The Bertz CT molecular complexity index is 425. The highest BCUT2D eigenvalue weighted by Crippen LogP contribution is 2.24. The first-order valence-corrected chi connectivity index (χ1v) is 6.79. The van der Waals surface area contributed by atoms with Crippen LogP contribution in [-0.4, -0.2) is 44.1 Å². The van der Waals surface area contributed by atoms with E-state index in [1.165, 1.54) is 0 Å². The minimum absolute atomic E-state index is 0.0305. The Labute approximate surface area is 115 Å². The summed E-state index contributed by atoms with van der Waals surface area (Å²) in [6.07, 6.45) is -0.0305. The second kappa shape index (κ2) is 6.31. The van der Waals surface area contributed by atoms with Crippen molar-refractivity contribution in [3.8, 4) is 0 Å². The van der Waals surface area contributed by atoms with Crippen LogP contribution in [0.2, 0.25) is 0 Å². The molecule has 0 bridgehead atoms. The molecule has 0 saturated carbocycles. The van der Waals surface area contributed by atoms with Gasteiger partial charge in [-0.15, -0.1) is 0 Å². The second-order valence-corrected chi connectivity index (χ2v) is 5.20. The molecule has 0 aromatic heterocycles. The van der Waals surface area contributed by atoms with Crippen LogP contribution in [0, 0.1) is 0 Å². The van der Waals surface area contributed by atoms with E-state index in [0.29, 0.717) is 26.2 Å². The fourth-order valence-corrected chi connectivity index (χ4v) is 2.46. The van der Waals surface area contributed by atoms with Crippen molar-refractivity contribution in [3.63, 3.8) is 0 Å². The van der Waals surface area contributed by atoms with E-state index < -0.39 is 0 Å². The molecule has 1 heterocycles. The predicted octanol–water partition coefficient (Wildman–Crippen LogP) is 1.57. The maximum atomic E-state index is 11.8. The van der Waals surface area contributed by atoms with Crippen molar-refractivity contribution in [2.45, 2.75) is 6.10 Å².